The van der Waals surface area contributed by atoms with Crippen molar-refractivity contribution >= 4 is 23.0 Å². The van der Waals surface area contributed by atoms with Gasteiger partial charge < -0.3 is 0 Å². The van der Waals surface area contributed by atoms with Crippen LogP contribution in [-0.4, -0.2) is 42.3 Å². The fourth-order valence-electron chi connectivity index (χ4n) is 0.655. The van der Waals surface area contributed by atoms with Crippen LogP contribution < -0.4 is 0 Å². The fraction of sp³-hybridized carbons (Fsp3) is 0.778. The zero-order valence-electron chi connectivity index (χ0n) is 8.68. The van der Waals surface area contributed by atoms with E-state index in [1.807, 2.05) is 6.92 Å². The van der Waals surface area contributed by atoms with Gasteiger partial charge in [0.25, 0.3) is 0 Å². The van der Waals surface area contributed by atoms with Gasteiger partial charge in [-0.1, -0.05) is 0 Å². The van der Waals surface area contributed by atoms with Crippen LogP contribution in [0.5, 0.6) is 0 Å². The average molecular weight is 422 g/mol. The van der Waals surface area contributed by atoms with Gasteiger partial charge in [0.1, 0.15) is 0 Å². The van der Waals surface area contributed by atoms with Gasteiger partial charge in [0, 0.05) is 0 Å². The van der Waals surface area contributed by atoms with Crippen LogP contribution in [0, 0.1) is 0 Å². The molecule has 0 spiro atoms. The zero-order valence-corrected chi connectivity index (χ0v) is 11.9. The van der Waals surface area contributed by atoms with Crippen molar-refractivity contribution < 1.29 is 18.7 Å². The molecule has 6 heteroatoms. The summed E-state index contributed by atoms with van der Waals surface area (Å²) in [6.07, 6.45) is -0.879. The summed E-state index contributed by atoms with van der Waals surface area (Å²) in [5.41, 5.74) is 0. The number of halogens is 3. The van der Waals surface area contributed by atoms with Crippen LogP contribution in [0.15, 0.2) is 12.7 Å². The maximum absolute atomic E-state index is 11.9. The zero-order chi connectivity index (χ0) is 11.7. The van der Waals surface area contributed by atoms with Gasteiger partial charge in [-0.05, 0) is 0 Å². The van der Waals surface area contributed by atoms with Gasteiger partial charge >= 0.3 is 97.6 Å². The minimum absolute atomic E-state index is 0.458. The number of rotatable bonds is 8. The molecule has 0 saturated heterocycles. The van der Waals surface area contributed by atoms with E-state index in [1.165, 1.54) is 0 Å². The van der Waals surface area contributed by atoms with Crippen LogP contribution in [-0.2, 0) is 5.54 Å². The van der Waals surface area contributed by atoms with Crippen LogP contribution in [0.4, 0.5) is 13.2 Å². The van der Waals surface area contributed by atoms with Crippen molar-refractivity contribution in [2.24, 2.45) is 0 Å². The summed E-state index contributed by atoms with van der Waals surface area (Å²) in [5, 5.41) is 0. The summed E-state index contributed by atoms with van der Waals surface area (Å²) < 4.78 is 46.2. The number of allylic oxidation sites excluding steroid dienone is 1. The van der Waals surface area contributed by atoms with Crippen molar-refractivity contribution in [2.45, 2.75) is 30.0 Å². The van der Waals surface area contributed by atoms with E-state index in [0.29, 0.717) is 10.7 Å². The Hall–Kier alpha value is 0.346. The monoisotopic (exact) mass is 422 g/mol. The third-order valence-corrected chi connectivity index (χ3v) is 6.44. The number of alkyl halides is 3. The third-order valence-electron chi connectivity index (χ3n) is 1.32. The average Bonchev–Trinajstić information content (AvgIpc) is 2.13. The molecular weight excluding hydrogens is 406 g/mol. The van der Waals surface area contributed by atoms with Gasteiger partial charge in [0.15, 0.2) is 0 Å². The molecule has 0 aromatic carbocycles. The molecule has 0 rings (SSSR count). The molecule has 0 atom stereocenters. The molecule has 91 valence electrons. The predicted molar refractivity (Wildman–Crippen MR) is 53.6 cm³/mol. The number of hydrogen-bond acceptors (Lipinski definition) is 2. The van der Waals surface area contributed by atoms with Gasteiger partial charge in [-0.25, -0.2) is 0 Å². The molecule has 2 nitrogen and oxygen atoms in total. The van der Waals surface area contributed by atoms with E-state index < -0.39 is 35.7 Å². The summed E-state index contributed by atoms with van der Waals surface area (Å²) in [4.78, 5) is 0. The number of unbranched alkanes of at least 4 members (excludes halogenated alkanes) is 1. The molecule has 0 aliphatic rings. The topological polar surface area (TPSA) is 18.5 Å². The Labute approximate surface area is 97.5 Å². The molecule has 0 unspecified atom stereocenters. The molecule has 15 heavy (non-hydrogen) atoms. The Morgan fingerprint density at radius 2 is 2.00 bits per heavy atom. The summed E-state index contributed by atoms with van der Waals surface area (Å²) in [7, 11) is 0. The quantitative estimate of drug-likeness (QED) is 0.443. The van der Waals surface area contributed by atoms with Crippen molar-refractivity contribution in [2.75, 3.05) is 13.2 Å². The van der Waals surface area contributed by atoms with Gasteiger partial charge in [-0.2, -0.15) is 0 Å². The van der Waals surface area contributed by atoms with E-state index in [0.717, 1.165) is 12.8 Å². The maximum atomic E-state index is 11.9. The van der Waals surface area contributed by atoms with E-state index in [1.54, 1.807) is 6.08 Å². The summed E-state index contributed by atoms with van der Waals surface area (Å²) in [6, 6.07) is 0. The standard InChI is InChI=1S/C4H9O.C3H5.C2H2F3O.Po/c1-2-3-4-5;1-3-2;3-2(4,5)1-6;/h2-4H2,1H3;3H,1-2H2;1H2;/q-1;;-1;+2. The summed E-state index contributed by atoms with van der Waals surface area (Å²) >= 11 is -2.75. The Kier molecular flexibility index (Phi) is 8.69. The van der Waals surface area contributed by atoms with E-state index in [9.17, 15) is 13.2 Å². The van der Waals surface area contributed by atoms with Gasteiger partial charge in [-0.3, -0.25) is 0 Å². The number of hydrogen-bond donors (Lipinski definition) is 0. The molecule has 0 aliphatic carbocycles. The van der Waals surface area contributed by atoms with E-state index in [4.69, 9.17) is 5.54 Å². The molecule has 0 heterocycles. The van der Waals surface area contributed by atoms with Crippen molar-refractivity contribution in [1.82, 2.24) is 0 Å². The molecule has 0 N–H and O–H groups in total. The Morgan fingerprint density at radius 3 is 2.47 bits per heavy atom. The van der Waals surface area contributed by atoms with E-state index in [2.05, 4.69) is 6.58 Å². The molecule has 0 aromatic rings. The first-order valence-electron chi connectivity index (χ1n) is 4.64. The van der Waals surface area contributed by atoms with Crippen LogP contribution in [0.3, 0.4) is 0 Å². The van der Waals surface area contributed by atoms with Crippen molar-refractivity contribution in [1.29, 1.82) is 0 Å². The normalized spacial score (nSPS) is 12.1. The second-order valence-electron chi connectivity index (χ2n) is 2.81. The summed E-state index contributed by atoms with van der Waals surface area (Å²) in [5.74, 6) is 0. The molecule has 0 fully saturated rings. The van der Waals surface area contributed by atoms with Crippen molar-refractivity contribution in [3.63, 3.8) is 0 Å². The van der Waals surface area contributed by atoms with Crippen molar-refractivity contribution in [3.05, 3.63) is 12.7 Å². The molecule has 0 aromatic heterocycles. The molecule has 0 bridgehead atoms. The Bertz CT molecular complexity index is 173. The van der Waals surface area contributed by atoms with Crippen LogP contribution in [0.2, 0.25) is 4.08 Å². The molecule has 0 saturated carbocycles. The molecule has 0 amide bonds. The summed E-state index contributed by atoms with van der Waals surface area (Å²) in [6.45, 7) is 4.78. The molecule has 1 radical (unpaired) electrons. The first kappa shape index (κ1) is 15.3. The first-order valence-corrected chi connectivity index (χ1v) is 9.48. The first-order chi connectivity index (χ1) is 6.99. The van der Waals surface area contributed by atoms with Crippen LogP contribution in [0.25, 0.3) is 0 Å². The fourth-order valence-corrected chi connectivity index (χ4v) is 4.63. The Balaban J connectivity index is 3.77. The molecule has 0 aliphatic heterocycles. The third kappa shape index (κ3) is 10.6. The van der Waals surface area contributed by atoms with Gasteiger partial charge in [0.05, 0.1) is 0 Å². The predicted octanol–water partition coefficient (Wildman–Crippen LogP) is 3.06. The second-order valence-corrected chi connectivity index (χ2v) is 8.30. The Morgan fingerprint density at radius 1 is 1.33 bits per heavy atom. The van der Waals surface area contributed by atoms with Crippen molar-refractivity contribution in [3.8, 4) is 0 Å². The molecular formula is C9H16F3O2Po. The minimum atomic E-state index is -4.26. The van der Waals surface area contributed by atoms with Crippen LogP contribution >= 0.6 is 0 Å². The van der Waals surface area contributed by atoms with Crippen LogP contribution in [0.1, 0.15) is 19.8 Å². The van der Waals surface area contributed by atoms with E-state index >= 15 is 0 Å². The van der Waals surface area contributed by atoms with E-state index in [-0.39, 0.29) is 0 Å². The second kappa shape index (κ2) is 8.49. The van der Waals surface area contributed by atoms with Gasteiger partial charge in [0.2, 0.25) is 0 Å². The SMILES string of the molecule is C=C[CH2][Po]([O]CCCC)[O]CC(F)(F)F. The van der Waals surface area contributed by atoms with Gasteiger partial charge in [-0.15, -0.1) is 0 Å².